The number of hydrogen-bond donors (Lipinski definition) is 6. The summed E-state index contributed by atoms with van der Waals surface area (Å²) in [6.45, 7) is 5.26. The number of ether oxygens (including phenoxy) is 1. The second kappa shape index (κ2) is 8.51. The molecule has 0 rings (SSSR count). The zero-order valence-electron chi connectivity index (χ0n) is 13.2. The molecule has 0 unspecified atom stereocenters. The Kier molecular flexibility index (Phi) is 8.66. The number of carboxylic acids is 2. The van der Waals surface area contributed by atoms with Crippen LogP contribution in [0.4, 0.5) is 4.79 Å². The molecule has 0 aliphatic carbocycles. The van der Waals surface area contributed by atoms with Gasteiger partial charge < -0.3 is 36.2 Å². The van der Waals surface area contributed by atoms with Crippen molar-refractivity contribution in [2.45, 2.75) is 51.0 Å². The highest BCUT2D eigenvalue weighted by molar-refractivity contribution is 5.81. The van der Waals surface area contributed by atoms with Crippen LogP contribution >= 0.6 is 0 Å². The third-order valence-corrected chi connectivity index (χ3v) is 2.43. The van der Waals surface area contributed by atoms with E-state index < -0.39 is 41.3 Å². The Hall–Kier alpha value is -1.91. The van der Waals surface area contributed by atoms with Crippen LogP contribution in [-0.4, -0.2) is 68.9 Å². The average Bonchev–Trinajstić information content (AvgIpc) is 2.32. The highest BCUT2D eigenvalue weighted by atomic mass is 16.5. The lowest BCUT2D eigenvalue weighted by Crippen LogP contribution is -2.54. The molecule has 7 N–H and O–H groups in total. The highest BCUT2D eigenvalue weighted by Gasteiger charge is 2.34. The third kappa shape index (κ3) is 9.10. The van der Waals surface area contributed by atoms with Gasteiger partial charge in [-0.1, -0.05) is 0 Å². The number of rotatable bonds is 5. The van der Waals surface area contributed by atoms with E-state index in [2.05, 4.69) is 4.74 Å². The average molecular weight is 324 g/mol. The second-order valence-electron chi connectivity index (χ2n) is 5.53. The number of carbonyl (C=O) groups excluding carboxylic acids is 1. The predicted molar refractivity (Wildman–Crippen MR) is 75.2 cm³/mol. The number of nitrogens with one attached hydrogen (secondary N) is 1. The van der Waals surface area contributed by atoms with Crippen LogP contribution in [0, 0.1) is 0 Å². The molecule has 0 aromatic rings. The molecular weight excluding hydrogens is 300 g/mol. The Bertz CT molecular complexity index is 397. The molecule has 0 aromatic heterocycles. The van der Waals surface area contributed by atoms with Crippen molar-refractivity contribution in [3.63, 3.8) is 0 Å². The van der Waals surface area contributed by atoms with E-state index in [-0.39, 0.29) is 0 Å². The van der Waals surface area contributed by atoms with Crippen LogP contribution in [0.25, 0.3) is 0 Å². The summed E-state index contributed by atoms with van der Waals surface area (Å²) in [4.78, 5) is 31.3. The molecule has 0 aliphatic rings. The van der Waals surface area contributed by atoms with Crippen LogP contribution in [0.5, 0.6) is 0 Å². The maximum absolute atomic E-state index is 10.7. The molecule has 1 amide bonds. The number of alkyl carbamates (subject to hydrolysis) is 1. The maximum atomic E-state index is 10.7. The zero-order valence-corrected chi connectivity index (χ0v) is 13.2. The van der Waals surface area contributed by atoms with Crippen molar-refractivity contribution in [1.82, 2.24) is 5.32 Å². The predicted octanol–water partition coefficient (Wildman–Crippen LogP) is -1.26. The molecule has 0 saturated carbocycles. The van der Waals surface area contributed by atoms with Crippen molar-refractivity contribution in [1.29, 1.82) is 0 Å². The molecule has 22 heavy (non-hydrogen) atoms. The first-order valence-electron chi connectivity index (χ1n) is 6.15. The van der Waals surface area contributed by atoms with Gasteiger partial charge in [0.05, 0.1) is 18.3 Å². The maximum Gasteiger partial charge on any atom is 0.407 e. The molecule has 10 heteroatoms. The summed E-state index contributed by atoms with van der Waals surface area (Å²) < 4.78 is 4.20. The van der Waals surface area contributed by atoms with Gasteiger partial charge in [0.25, 0.3) is 0 Å². The minimum absolute atomic E-state index is 0.894. The molecule has 10 nitrogen and oxygen atoms in total. The van der Waals surface area contributed by atoms with Gasteiger partial charge in [-0.3, -0.25) is 4.79 Å². The van der Waals surface area contributed by atoms with Gasteiger partial charge in [0.1, 0.15) is 6.04 Å². The Morgan fingerprint density at radius 1 is 1.00 bits per heavy atom. The molecule has 0 heterocycles. The zero-order chi connectivity index (χ0) is 18.3. The Labute approximate surface area is 127 Å². The first-order valence-corrected chi connectivity index (χ1v) is 6.15. The summed E-state index contributed by atoms with van der Waals surface area (Å²) in [5.74, 6) is -2.51. The van der Waals surface area contributed by atoms with Gasteiger partial charge in [0, 0.05) is 0 Å². The number of amides is 1. The number of aliphatic hydroxyl groups is 2. The minimum Gasteiger partial charge on any atom is -0.480 e. The van der Waals surface area contributed by atoms with E-state index in [0.29, 0.717) is 0 Å². The molecule has 0 saturated heterocycles. The first-order chi connectivity index (χ1) is 9.64. The molecule has 0 radical (unpaired) electrons. The number of aliphatic carboxylic acids is 2. The molecule has 0 aromatic carbocycles. The van der Waals surface area contributed by atoms with Crippen LogP contribution in [0.3, 0.4) is 0 Å². The van der Waals surface area contributed by atoms with Crippen LogP contribution < -0.4 is 11.1 Å². The molecular formula is C12H24N2O8. The van der Waals surface area contributed by atoms with E-state index in [4.69, 9.17) is 21.1 Å². The number of methoxy groups -OCH3 is 1. The molecule has 0 fully saturated rings. The van der Waals surface area contributed by atoms with Crippen molar-refractivity contribution < 1.29 is 39.5 Å². The summed E-state index contributed by atoms with van der Waals surface area (Å²) in [5.41, 5.74) is 2.16. The number of hydrogen-bond acceptors (Lipinski definition) is 7. The summed E-state index contributed by atoms with van der Waals surface area (Å²) in [6.07, 6.45) is -0.894. The van der Waals surface area contributed by atoms with E-state index in [9.17, 15) is 19.5 Å². The largest absolute Gasteiger partial charge is 0.480 e. The van der Waals surface area contributed by atoms with Crippen molar-refractivity contribution in [3.8, 4) is 0 Å². The highest BCUT2D eigenvalue weighted by Crippen LogP contribution is 2.08. The lowest BCUT2D eigenvalue weighted by atomic mass is 9.99. The van der Waals surface area contributed by atoms with Crippen molar-refractivity contribution in [2.75, 3.05) is 7.11 Å². The fourth-order valence-corrected chi connectivity index (χ4v) is 1.02. The second-order valence-corrected chi connectivity index (χ2v) is 5.53. The number of carboxylic acid groups (broad SMARTS) is 2. The van der Waals surface area contributed by atoms with Crippen LogP contribution in [0.15, 0.2) is 0 Å². The SMILES string of the molecule is CC(C)(O)[C@H](N)C(=O)O.COC(=O)N[C@H](C(=O)O)C(C)(C)O. The lowest BCUT2D eigenvalue weighted by molar-refractivity contribution is -0.145. The monoisotopic (exact) mass is 324 g/mol. The molecule has 130 valence electrons. The van der Waals surface area contributed by atoms with Crippen molar-refractivity contribution in [2.24, 2.45) is 5.73 Å². The topological polar surface area (TPSA) is 179 Å². The Morgan fingerprint density at radius 3 is 1.55 bits per heavy atom. The van der Waals surface area contributed by atoms with Gasteiger partial charge in [-0.05, 0) is 27.7 Å². The van der Waals surface area contributed by atoms with Crippen LogP contribution in [0.1, 0.15) is 27.7 Å². The fourth-order valence-electron chi connectivity index (χ4n) is 1.02. The minimum atomic E-state index is -1.54. The van der Waals surface area contributed by atoms with E-state index in [0.717, 1.165) is 7.11 Å². The van der Waals surface area contributed by atoms with Gasteiger partial charge >= 0.3 is 18.0 Å². The number of nitrogens with two attached hydrogens (primary N) is 1. The van der Waals surface area contributed by atoms with Crippen molar-refractivity contribution in [3.05, 3.63) is 0 Å². The molecule has 0 bridgehead atoms. The van der Waals surface area contributed by atoms with E-state index >= 15 is 0 Å². The fraction of sp³-hybridized carbons (Fsp3) is 0.750. The summed E-state index contributed by atoms with van der Waals surface area (Å²) >= 11 is 0. The summed E-state index contributed by atoms with van der Waals surface area (Å²) in [6, 6.07) is -2.60. The summed E-state index contributed by atoms with van der Waals surface area (Å²) in [5, 5.41) is 37.1. The third-order valence-electron chi connectivity index (χ3n) is 2.43. The van der Waals surface area contributed by atoms with E-state index in [1.165, 1.54) is 27.7 Å². The van der Waals surface area contributed by atoms with Gasteiger partial charge in [-0.15, -0.1) is 0 Å². The molecule has 0 aliphatic heterocycles. The van der Waals surface area contributed by atoms with Crippen LogP contribution in [0.2, 0.25) is 0 Å². The quantitative estimate of drug-likeness (QED) is 0.359. The Morgan fingerprint density at radius 2 is 1.41 bits per heavy atom. The van der Waals surface area contributed by atoms with Gasteiger partial charge in [-0.25, -0.2) is 9.59 Å². The molecule has 0 spiro atoms. The van der Waals surface area contributed by atoms with Gasteiger partial charge in [0.15, 0.2) is 6.04 Å². The first kappa shape index (κ1) is 22.4. The van der Waals surface area contributed by atoms with Gasteiger partial charge in [0.2, 0.25) is 0 Å². The normalized spacial score (nSPS) is 14.0. The lowest BCUT2D eigenvalue weighted by Gasteiger charge is -2.25. The van der Waals surface area contributed by atoms with E-state index in [1.54, 1.807) is 0 Å². The summed E-state index contributed by atoms with van der Waals surface area (Å²) in [7, 11) is 1.11. The molecule has 2 atom stereocenters. The Balaban J connectivity index is 0. The smallest absolute Gasteiger partial charge is 0.407 e. The van der Waals surface area contributed by atoms with Crippen LogP contribution in [-0.2, 0) is 14.3 Å². The van der Waals surface area contributed by atoms with Gasteiger partial charge in [-0.2, -0.15) is 0 Å². The standard InChI is InChI=1S/C7H13NO5.C5H11NO3/c1-7(2,12)4(5(9)10)8-6(11)13-3;1-5(2,9)3(6)4(7)8/h4,12H,1-3H3,(H,8,11)(H,9,10);3,9H,6H2,1-2H3,(H,7,8)/t4-;3-/m11/s1. The van der Waals surface area contributed by atoms with E-state index in [1.807, 2.05) is 5.32 Å². The van der Waals surface area contributed by atoms with Crippen molar-refractivity contribution >= 4 is 18.0 Å². The number of carbonyl (C=O) groups is 3.